The van der Waals surface area contributed by atoms with Crippen LogP contribution in [0.1, 0.15) is 10.5 Å². The summed E-state index contributed by atoms with van der Waals surface area (Å²) < 4.78 is 24.4. The number of halogens is 1. The van der Waals surface area contributed by atoms with Crippen molar-refractivity contribution in [2.24, 2.45) is 12.2 Å². The van der Waals surface area contributed by atoms with Crippen LogP contribution in [0.15, 0.2) is 40.1 Å². The van der Waals surface area contributed by atoms with Crippen LogP contribution in [0.4, 0.5) is 5.69 Å². The fourth-order valence-corrected chi connectivity index (χ4v) is 3.18. The van der Waals surface area contributed by atoms with Gasteiger partial charge in [0.05, 0.1) is 11.2 Å². The summed E-state index contributed by atoms with van der Waals surface area (Å²) in [4.78, 5) is 15.7. The van der Waals surface area contributed by atoms with Crippen LogP contribution in [-0.4, -0.2) is 23.9 Å². The zero-order chi connectivity index (χ0) is 14.9. The molecule has 0 fully saturated rings. The van der Waals surface area contributed by atoms with Crippen LogP contribution in [0.25, 0.3) is 0 Å². The third-order valence-electron chi connectivity index (χ3n) is 2.43. The highest BCUT2D eigenvalue weighted by Gasteiger charge is 2.14. The Balaban J connectivity index is 2.23. The number of hydrogen-bond donors (Lipinski definition) is 2. The molecule has 1 aromatic carbocycles. The van der Waals surface area contributed by atoms with E-state index in [0.717, 1.165) is 0 Å². The Hall–Kier alpha value is -1.71. The number of nitrogens with two attached hydrogens (primary N) is 1. The van der Waals surface area contributed by atoms with Gasteiger partial charge in [-0.05, 0) is 34.1 Å². The van der Waals surface area contributed by atoms with Crippen LogP contribution >= 0.6 is 15.9 Å². The van der Waals surface area contributed by atoms with E-state index in [1.54, 1.807) is 17.8 Å². The number of amides is 1. The van der Waals surface area contributed by atoms with E-state index in [0.29, 0.717) is 5.69 Å². The Morgan fingerprint density at radius 3 is 2.65 bits per heavy atom. The van der Waals surface area contributed by atoms with Crippen molar-refractivity contribution < 1.29 is 13.2 Å². The first kappa shape index (κ1) is 14.7. The third kappa shape index (κ3) is 3.24. The second kappa shape index (κ2) is 5.35. The number of nitrogens with zero attached hydrogens (tertiary/aromatic N) is 2. The van der Waals surface area contributed by atoms with Gasteiger partial charge >= 0.3 is 0 Å². The topological polar surface area (TPSA) is 107 Å². The first-order valence-electron chi connectivity index (χ1n) is 5.39. The maximum absolute atomic E-state index is 11.9. The molecule has 0 aliphatic rings. The van der Waals surface area contributed by atoms with Gasteiger partial charge < -0.3 is 9.88 Å². The highest BCUT2D eigenvalue weighted by Crippen LogP contribution is 2.24. The second-order valence-electron chi connectivity index (χ2n) is 4.07. The Morgan fingerprint density at radius 1 is 1.45 bits per heavy atom. The first-order valence-corrected chi connectivity index (χ1v) is 7.73. The lowest BCUT2D eigenvalue weighted by Gasteiger charge is -2.06. The molecule has 0 aliphatic heterocycles. The number of carbonyl (C=O) groups is 1. The summed E-state index contributed by atoms with van der Waals surface area (Å²) in [5, 5.41) is 7.66. The quantitative estimate of drug-likeness (QED) is 0.855. The monoisotopic (exact) mass is 358 g/mol. The van der Waals surface area contributed by atoms with Gasteiger partial charge in [0.2, 0.25) is 10.0 Å². The van der Waals surface area contributed by atoms with Crippen LogP contribution in [0, 0.1) is 0 Å². The van der Waals surface area contributed by atoms with Gasteiger partial charge in [0, 0.05) is 23.4 Å². The molecule has 0 saturated heterocycles. The average molecular weight is 359 g/mol. The number of rotatable bonds is 3. The molecular formula is C11H11BrN4O3S. The molecule has 1 aromatic heterocycles. The number of carbonyl (C=O) groups excluding carboxylic acids is 1. The molecule has 1 amide bonds. The van der Waals surface area contributed by atoms with Crippen molar-refractivity contribution >= 4 is 37.5 Å². The number of sulfonamides is 1. The largest absolute Gasteiger partial charge is 0.340 e. The minimum Gasteiger partial charge on any atom is -0.340 e. The van der Waals surface area contributed by atoms with Crippen LogP contribution in [0.3, 0.4) is 0 Å². The summed E-state index contributed by atoms with van der Waals surface area (Å²) in [5.41, 5.74) is 0.694. The van der Waals surface area contributed by atoms with Crippen LogP contribution in [0.2, 0.25) is 0 Å². The summed E-state index contributed by atoms with van der Waals surface area (Å²) in [7, 11) is -2.05. The van der Waals surface area contributed by atoms with E-state index in [4.69, 9.17) is 5.14 Å². The molecule has 0 saturated carbocycles. The van der Waals surface area contributed by atoms with Crippen LogP contribution in [-0.2, 0) is 17.1 Å². The molecule has 0 spiro atoms. The average Bonchev–Trinajstić information content (AvgIpc) is 2.74. The van der Waals surface area contributed by atoms with Gasteiger partial charge in [0.1, 0.15) is 5.69 Å². The Morgan fingerprint density at radius 2 is 2.15 bits per heavy atom. The molecule has 9 heteroatoms. The summed E-state index contributed by atoms with van der Waals surface area (Å²) in [5.74, 6) is -0.388. The van der Waals surface area contributed by atoms with Gasteiger partial charge in [-0.2, -0.15) is 0 Å². The van der Waals surface area contributed by atoms with Gasteiger partial charge in [-0.1, -0.05) is 0 Å². The molecule has 0 unspecified atom stereocenters. The maximum atomic E-state index is 11.9. The summed E-state index contributed by atoms with van der Waals surface area (Å²) in [6, 6.07) is 4.22. The van der Waals surface area contributed by atoms with Crippen molar-refractivity contribution in [3.63, 3.8) is 0 Å². The SMILES string of the molecule is Cn1cnc(C(=O)Nc2ccc(S(N)(=O)=O)c(Br)c2)c1. The molecule has 0 atom stereocenters. The zero-order valence-corrected chi connectivity index (χ0v) is 12.8. The maximum Gasteiger partial charge on any atom is 0.275 e. The fourth-order valence-electron chi connectivity index (χ4n) is 1.53. The molecular weight excluding hydrogens is 348 g/mol. The number of nitrogens with one attached hydrogen (secondary N) is 1. The van der Waals surface area contributed by atoms with Gasteiger partial charge in [-0.15, -0.1) is 0 Å². The van der Waals surface area contributed by atoms with Gasteiger partial charge in [0.15, 0.2) is 0 Å². The van der Waals surface area contributed by atoms with E-state index < -0.39 is 10.0 Å². The lowest BCUT2D eigenvalue weighted by atomic mass is 10.3. The summed E-state index contributed by atoms with van der Waals surface area (Å²) in [6.07, 6.45) is 3.08. The highest BCUT2D eigenvalue weighted by molar-refractivity contribution is 9.10. The Bertz CT molecular complexity index is 770. The molecule has 0 bridgehead atoms. The second-order valence-corrected chi connectivity index (χ2v) is 6.45. The number of imidazole rings is 1. The van der Waals surface area contributed by atoms with Crippen molar-refractivity contribution in [1.82, 2.24) is 9.55 Å². The van der Waals surface area contributed by atoms with Crippen molar-refractivity contribution in [2.75, 3.05) is 5.32 Å². The smallest absolute Gasteiger partial charge is 0.275 e. The first-order chi connectivity index (χ1) is 9.27. The molecule has 3 N–H and O–H groups in total. The molecule has 20 heavy (non-hydrogen) atoms. The molecule has 2 aromatic rings. The predicted octanol–water partition coefficient (Wildman–Crippen LogP) is 1.08. The molecule has 0 radical (unpaired) electrons. The van der Waals surface area contributed by atoms with E-state index >= 15 is 0 Å². The lowest BCUT2D eigenvalue weighted by molar-refractivity contribution is 0.102. The normalized spacial score (nSPS) is 11.3. The Labute approximate surface area is 124 Å². The van der Waals surface area contributed by atoms with Gasteiger partial charge in [-0.25, -0.2) is 18.5 Å². The number of anilines is 1. The number of primary sulfonamides is 1. The van der Waals surface area contributed by atoms with Gasteiger partial charge in [0.25, 0.3) is 5.91 Å². The highest BCUT2D eigenvalue weighted by atomic mass is 79.9. The van der Waals surface area contributed by atoms with E-state index in [1.165, 1.54) is 24.5 Å². The minimum atomic E-state index is -3.80. The summed E-state index contributed by atoms with van der Waals surface area (Å²) in [6.45, 7) is 0. The standard InChI is InChI=1S/C11H11BrN4O3S/c1-16-5-9(14-6-16)11(17)15-7-2-3-10(8(12)4-7)20(13,18)19/h2-6H,1H3,(H,15,17)(H2,13,18,19). The number of aryl methyl sites for hydroxylation is 1. The zero-order valence-electron chi connectivity index (χ0n) is 10.4. The third-order valence-corrected chi connectivity index (χ3v) is 4.32. The van der Waals surface area contributed by atoms with Crippen molar-refractivity contribution in [3.05, 3.63) is 40.9 Å². The van der Waals surface area contributed by atoms with E-state index in [2.05, 4.69) is 26.2 Å². The number of benzene rings is 1. The minimum absolute atomic E-state index is 0.0478. The van der Waals surface area contributed by atoms with Crippen molar-refractivity contribution in [3.8, 4) is 0 Å². The van der Waals surface area contributed by atoms with Crippen molar-refractivity contribution in [1.29, 1.82) is 0 Å². The number of hydrogen-bond acceptors (Lipinski definition) is 4. The van der Waals surface area contributed by atoms with E-state index in [1.807, 2.05) is 0 Å². The summed E-state index contributed by atoms with van der Waals surface area (Å²) >= 11 is 3.10. The molecule has 7 nitrogen and oxygen atoms in total. The van der Waals surface area contributed by atoms with Crippen molar-refractivity contribution in [2.45, 2.75) is 4.90 Å². The molecule has 1 heterocycles. The van der Waals surface area contributed by atoms with Crippen LogP contribution < -0.4 is 10.5 Å². The molecule has 0 aliphatic carbocycles. The lowest BCUT2D eigenvalue weighted by Crippen LogP contribution is -2.14. The molecule has 106 valence electrons. The molecule has 2 rings (SSSR count). The van der Waals surface area contributed by atoms with E-state index in [9.17, 15) is 13.2 Å². The van der Waals surface area contributed by atoms with Crippen LogP contribution in [0.5, 0.6) is 0 Å². The van der Waals surface area contributed by atoms with E-state index in [-0.39, 0.29) is 21.0 Å². The number of aromatic nitrogens is 2. The Kier molecular flexibility index (Phi) is 3.93. The predicted molar refractivity (Wildman–Crippen MR) is 76.7 cm³/mol. The van der Waals surface area contributed by atoms with Gasteiger partial charge in [-0.3, -0.25) is 4.79 Å². The fraction of sp³-hybridized carbons (Fsp3) is 0.0909.